The largest absolute Gasteiger partial charge is 0.494 e. The molecule has 7 heteroatoms. The monoisotopic (exact) mass is 390 g/mol. The second kappa shape index (κ2) is 8.90. The fraction of sp³-hybridized carbons (Fsp3) is 0.350. The van der Waals surface area contributed by atoms with Gasteiger partial charge in [-0.15, -0.1) is 0 Å². The minimum atomic E-state index is -3.59. The summed E-state index contributed by atoms with van der Waals surface area (Å²) in [4.78, 5) is 12.4. The van der Waals surface area contributed by atoms with Crippen LogP contribution in [0.3, 0.4) is 0 Å². The van der Waals surface area contributed by atoms with E-state index >= 15 is 0 Å². The van der Waals surface area contributed by atoms with E-state index in [-0.39, 0.29) is 12.5 Å². The first-order chi connectivity index (χ1) is 12.7. The van der Waals surface area contributed by atoms with Crippen LogP contribution in [0.4, 0.5) is 5.69 Å². The van der Waals surface area contributed by atoms with E-state index in [2.05, 4.69) is 5.32 Å². The molecule has 0 saturated carbocycles. The van der Waals surface area contributed by atoms with Crippen LogP contribution in [0, 0.1) is 13.8 Å². The van der Waals surface area contributed by atoms with Gasteiger partial charge in [-0.25, -0.2) is 8.42 Å². The van der Waals surface area contributed by atoms with E-state index in [1.807, 2.05) is 51.1 Å². The summed E-state index contributed by atoms with van der Waals surface area (Å²) >= 11 is 0. The van der Waals surface area contributed by atoms with Crippen molar-refractivity contribution in [3.8, 4) is 5.75 Å². The second-order valence-electron chi connectivity index (χ2n) is 6.34. The van der Waals surface area contributed by atoms with Gasteiger partial charge in [0.1, 0.15) is 12.3 Å². The molecule has 0 aliphatic carbocycles. The number of rotatable bonds is 8. The van der Waals surface area contributed by atoms with E-state index < -0.39 is 10.0 Å². The number of aryl methyl sites for hydroxylation is 1. The molecule has 0 saturated heterocycles. The van der Waals surface area contributed by atoms with Gasteiger partial charge in [0.25, 0.3) is 0 Å². The highest BCUT2D eigenvalue weighted by Gasteiger charge is 2.22. The number of hydrogen-bond acceptors (Lipinski definition) is 4. The fourth-order valence-corrected chi connectivity index (χ4v) is 3.55. The average molecular weight is 391 g/mol. The molecule has 2 aromatic rings. The molecule has 0 aromatic heterocycles. The van der Waals surface area contributed by atoms with Gasteiger partial charge >= 0.3 is 0 Å². The third-order valence-corrected chi connectivity index (χ3v) is 5.38. The number of hydrogen-bond donors (Lipinski definition) is 1. The number of sulfonamides is 1. The van der Waals surface area contributed by atoms with E-state index in [0.717, 1.165) is 33.0 Å². The molecule has 2 rings (SSSR count). The highest BCUT2D eigenvalue weighted by Crippen LogP contribution is 2.24. The molecule has 2 aromatic carbocycles. The Balaban J connectivity index is 2.07. The van der Waals surface area contributed by atoms with Crippen molar-refractivity contribution in [3.05, 3.63) is 59.2 Å². The van der Waals surface area contributed by atoms with Gasteiger partial charge in [0.05, 0.1) is 18.6 Å². The van der Waals surface area contributed by atoms with Gasteiger partial charge in [0, 0.05) is 6.54 Å². The van der Waals surface area contributed by atoms with E-state index in [1.54, 1.807) is 12.1 Å². The van der Waals surface area contributed by atoms with Gasteiger partial charge in [-0.1, -0.05) is 24.3 Å². The Bertz CT molecular complexity index is 893. The smallest absolute Gasteiger partial charge is 0.241 e. The lowest BCUT2D eigenvalue weighted by Gasteiger charge is -2.24. The van der Waals surface area contributed by atoms with Crippen molar-refractivity contribution in [1.29, 1.82) is 0 Å². The maximum Gasteiger partial charge on any atom is 0.241 e. The lowest BCUT2D eigenvalue weighted by Crippen LogP contribution is -2.40. The van der Waals surface area contributed by atoms with Crippen molar-refractivity contribution in [3.63, 3.8) is 0 Å². The summed E-state index contributed by atoms with van der Waals surface area (Å²) in [5, 5.41) is 2.77. The van der Waals surface area contributed by atoms with Crippen LogP contribution in [0.5, 0.6) is 5.75 Å². The third kappa shape index (κ3) is 5.72. The lowest BCUT2D eigenvalue weighted by atomic mass is 10.1. The van der Waals surface area contributed by atoms with Crippen molar-refractivity contribution in [1.82, 2.24) is 5.32 Å². The molecule has 0 radical (unpaired) electrons. The van der Waals surface area contributed by atoms with E-state index in [9.17, 15) is 13.2 Å². The molecular weight excluding hydrogens is 364 g/mol. The first-order valence-electron chi connectivity index (χ1n) is 8.74. The molecule has 6 nitrogen and oxygen atoms in total. The Morgan fingerprint density at radius 3 is 2.37 bits per heavy atom. The van der Waals surface area contributed by atoms with Gasteiger partial charge in [0.15, 0.2) is 0 Å². The first kappa shape index (κ1) is 20.8. The van der Waals surface area contributed by atoms with Gasteiger partial charge in [0.2, 0.25) is 15.9 Å². The molecule has 0 heterocycles. The standard InChI is InChI=1S/C20H26N2O4S/c1-5-26-18-11-9-17(10-12-18)13-21-20(23)14-22(27(4,24)25)19-8-6-7-15(2)16(19)3/h6-12H,5,13-14H2,1-4H3,(H,21,23). The number of nitrogens with one attached hydrogen (secondary N) is 1. The summed E-state index contributed by atoms with van der Waals surface area (Å²) in [5.74, 6) is 0.404. The molecule has 0 aliphatic heterocycles. The van der Waals surface area contributed by atoms with Crippen LogP contribution >= 0.6 is 0 Å². The van der Waals surface area contributed by atoms with Crippen molar-refractivity contribution < 1.29 is 17.9 Å². The molecule has 146 valence electrons. The number of anilines is 1. The first-order valence-corrected chi connectivity index (χ1v) is 10.6. The summed E-state index contributed by atoms with van der Waals surface area (Å²) < 4.78 is 31.0. The number of nitrogens with zero attached hydrogens (tertiary/aromatic N) is 1. The minimum Gasteiger partial charge on any atom is -0.494 e. The maximum atomic E-state index is 12.4. The van der Waals surface area contributed by atoms with Crippen LogP contribution < -0.4 is 14.4 Å². The zero-order valence-corrected chi connectivity index (χ0v) is 17.0. The molecule has 0 unspecified atom stereocenters. The van der Waals surface area contributed by atoms with Crippen LogP contribution in [0.15, 0.2) is 42.5 Å². The molecule has 0 fully saturated rings. The Labute approximate surface area is 161 Å². The Hall–Kier alpha value is -2.54. The van der Waals surface area contributed by atoms with Gasteiger partial charge < -0.3 is 10.1 Å². The zero-order chi connectivity index (χ0) is 20.0. The van der Waals surface area contributed by atoms with Gasteiger partial charge in [-0.05, 0) is 55.7 Å². The molecule has 0 atom stereocenters. The summed E-state index contributed by atoms with van der Waals surface area (Å²) in [6.07, 6.45) is 1.11. The normalized spacial score (nSPS) is 11.1. The zero-order valence-electron chi connectivity index (χ0n) is 16.2. The number of amides is 1. The van der Waals surface area contributed by atoms with Crippen LogP contribution in [0.25, 0.3) is 0 Å². The number of benzene rings is 2. The molecule has 0 aliphatic rings. The molecule has 0 bridgehead atoms. The number of carbonyl (C=O) groups is 1. The minimum absolute atomic E-state index is 0.264. The van der Waals surface area contributed by atoms with Crippen LogP contribution in [-0.4, -0.2) is 33.7 Å². The van der Waals surface area contributed by atoms with E-state index in [1.165, 1.54) is 0 Å². The molecule has 0 spiro atoms. The highest BCUT2D eigenvalue weighted by molar-refractivity contribution is 7.92. The van der Waals surface area contributed by atoms with Crippen LogP contribution in [0.2, 0.25) is 0 Å². The van der Waals surface area contributed by atoms with Crippen LogP contribution in [0.1, 0.15) is 23.6 Å². The van der Waals surface area contributed by atoms with Crippen molar-refractivity contribution in [2.24, 2.45) is 0 Å². The summed E-state index contributed by atoms with van der Waals surface area (Å²) in [7, 11) is -3.59. The molecule has 1 N–H and O–H groups in total. The molecular formula is C20H26N2O4S. The SMILES string of the molecule is CCOc1ccc(CNC(=O)CN(c2cccc(C)c2C)S(C)(=O)=O)cc1. The number of carbonyl (C=O) groups excluding carboxylic acids is 1. The van der Waals surface area contributed by atoms with Crippen molar-refractivity contribution >= 4 is 21.6 Å². The highest BCUT2D eigenvalue weighted by atomic mass is 32.2. The summed E-state index contributed by atoms with van der Waals surface area (Å²) in [6, 6.07) is 12.8. The predicted octanol–water partition coefficient (Wildman–Crippen LogP) is 2.78. The quantitative estimate of drug-likeness (QED) is 0.752. The molecule has 1 amide bonds. The van der Waals surface area contributed by atoms with E-state index in [0.29, 0.717) is 18.8 Å². The van der Waals surface area contributed by atoms with Crippen LogP contribution in [-0.2, 0) is 21.4 Å². The third-order valence-electron chi connectivity index (χ3n) is 4.26. The fourth-order valence-electron chi connectivity index (χ4n) is 2.64. The van der Waals surface area contributed by atoms with E-state index in [4.69, 9.17) is 4.74 Å². The van der Waals surface area contributed by atoms with Gasteiger partial charge in [-0.3, -0.25) is 9.10 Å². The molecule has 27 heavy (non-hydrogen) atoms. The maximum absolute atomic E-state index is 12.4. The Morgan fingerprint density at radius 1 is 1.11 bits per heavy atom. The topological polar surface area (TPSA) is 75.7 Å². The van der Waals surface area contributed by atoms with Crippen molar-refractivity contribution in [2.75, 3.05) is 23.7 Å². The second-order valence-corrected chi connectivity index (χ2v) is 8.25. The summed E-state index contributed by atoms with van der Waals surface area (Å²) in [6.45, 7) is 6.31. The van der Waals surface area contributed by atoms with Crippen molar-refractivity contribution in [2.45, 2.75) is 27.3 Å². The number of ether oxygens (including phenoxy) is 1. The van der Waals surface area contributed by atoms with Gasteiger partial charge in [-0.2, -0.15) is 0 Å². The lowest BCUT2D eigenvalue weighted by molar-refractivity contribution is -0.119. The predicted molar refractivity (Wildman–Crippen MR) is 108 cm³/mol. The Morgan fingerprint density at radius 2 is 1.78 bits per heavy atom. The Kier molecular flexibility index (Phi) is 6.85. The average Bonchev–Trinajstić information content (AvgIpc) is 2.61. The summed E-state index contributed by atoms with van der Waals surface area (Å²) in [5.41, 5.74) is 3.23.